The summed E-state index contributed by atoms with van der Waals surface area (Å²) >= 11 is 11.6. The highest BCUT2D eigenvalue weighted by Crippen LogP contribution is 2.38. The fourth-order valence-electron chi connectivity index (χ4n) is 3.51. The molecule has 0 N–H and O–H groups in total. The Morgan fingerprint density at radius 2 is 1.36 bits per heavy atom. The summed E-state index contributed by atoms with van der Waals surface area (Å²) in [5, 5.41) is 1.11. The molecule has 130 valence electrons. The lowest BCUT2D eigenvalue weighted by Crippen LogP contribution is -2.37. The molecule has 2 aliphatic rings. The van der Waals surface area contributed by atoms with Crippen molar-refractivity contribution < 1.29 is 12.8 Å². The van der Waals surface area contributed by atoms with Gasteiger partial charge in [0.2, 0.25) is 0 Å². The van der Waals surface area contributed by atoms with E-state index in [2.05, 4.69) is 0 Å². The molecule has 0 bridgehead atoms. The van der Waals surface area contributed by atoms with Crippen molar-refractivity contribution in [3.05, 3.63) is 59.4 Å². The average Bonchev–Trinajstić information content (AvgIpc) is 2.99. The van der Waals surface area contributed by atoms with Crippen LogP contribution in [0.4, 0.5) is 15.8 Å². The van der Waals surface area contributed by atoms with E-state index < -0.39 is 9.84 Å². The Bertz CT molecular complexity index is 863. The van der Waals surface area contributed by atoms with Gasteiger partial charge in [0.15, 0.2) is 14.9 Å². The molecule has 0 saturated carbocycles. The number of sulfone groups is 1. The van der Waals surface area contributed by atoms with Crippen LogP contribution in [0.3, 0.4) is 0 Å². The van der Waals surface area contributed by atoms with Crippen LogP contribution in [0.25, 0.3) is 0 Å². The molecule has 2 heterocycles. The summed E-state index contributed by atoms with van der Waals surface area (Å²) in [5.74, 6) is -0.281. The van der Waals surface area contributed by atoms with E-state index in [4.69, 9.17) is 23.8 Å². The zero-order chi connectivity index (χ0) is 17.8. The van der Waals surface area contributed by atoms with Crippen molar-refractivity contribution in [2.75, 3.05) is 21.3 Å². The molecule has 2 aliphatic heterocycles. The van der Waals surface area contributed by atoms with Crippen molar-refractivity contribution >= 4 is 50.1 Å². The Morgan fingerprint density at radius 3 is 1.84 bits per heavy atom. The first kappa shape index (κ1) is 16.8. The maximum absolute atomic E-state index is 13.3. The van der Waals surface area contributed by atoms with Gasteiger partial charge < -0.3 is 9.80 Å². The molecule has 8 heteroatoms. The number of benzene rings is 2. The van der Waals surface area contributed by atoms with E-state index in [1.807, 2.05) is 21.9 Å². The number of rotatable bonds is 2. The van der Waals surface area contributed by atoms with Gasteiger partial charge >= 0.3 is 0 Å². The third kappa shape index (κ3) is 2.90. The Labute approximate surface area is 155 Å². The van der Waals surface area contributed by atoms with Crippen molar-refractivity contribution in [3.63, 3.8) is 0 Å². The lowest BCUT2D eigenvalue weighted by molar-refractivity contribution is 0.601. The van der Waals surface area contributed by atoms with Crippen LogP contribution < -0.4 is 9.80 Å². The van der Waals surface area contributed by atoms with Crippen LogP contribution in [-0.4, -0.2) is 37.1 Å². The monoisotopic (exact) mass is 396 g/mol. The summed E-state index contributed by atoms with van der Waals surface area (Å²) in [6.45, 7) is 0. The minimum Gasteiger partial charge on any atom is -0.312 e. The average molecular weight is 397 g/mol. The van der Waals surface area contributed by atoms with Crippen LogP contribution in [0, 0.1) is 5.82 Å². The van der Waals surface area contributed by atoms with E-state index in [1.165, 1.54) is 12.1 Å². The highest BCUT2D eigenvalue weighted by Gasteiger charge is 2.52. The highest BCUT2D eigenvalue weighted by atomic mass is 35.5. The maximum atomic E-state index is 13.3. The van der Waals surface area contributed by atoms with Crippen molar-refractivity contribution in [3.8, 4) is 0 Å². The zero-order valence-electron chi connectivity index (χ0n) is 13.0. The number of halogens is 2. The van der Waals surface area contributed by atoms with E-state index in [0.29, 0.717) is 15.8 Å². The van der Waals surface area contributed by atoms with Gasteiger partial charge in [-0.1, -0.05) is 11.6 Å². The van der Waals surface area contributed by atoms with E-state index in [-0.39, 0.29) is 29.4 Å². The van der Waals surface area contributed by atoms with Crippen molar-refractivity contribution in [2.45, 2.75) is 12.1 Å². The second-order valence-electron chi connectivity index (χ2n) is 6.19. The first-order valence-electron chi connectivity index (χ1n) is 7.70. The standard InChI is InChI=1S/C17H14ClFN2O2S2/c18-11-1-5-13(6-2-11)20-15-9-25(22,23)10-16(15)21(17(20)24)14-7-3-12(19)4-8-14/h1-8,15-16H,9-10H2/t15-,16+/m0/s1. The van der Waals surface area contributed by atoms with Gasteiger partial charge in [-0.25, -0.2) is 12.8 Å². The molecule has 2 aromatic carbocycles. The van der Waals surface area contributed by atoms with Gasteiger partial charge in [0.1, 0.15) is 5.82 Å². The third-order valence-corrected chi connectivity index (χ3v) is 6.92. The van der Waals surface area contributed by atoms with Gasteiger partial charge in [0.25, 0.3) is 0 Å². The quantitative estimate of drug-likeness (QED) is 0.729. The van der Waals surface area contributed by atoms with E-state index in [1.54, 1.807) is 24.3 Å². The predicted octanol–water partition coefficient (Wildman–Crippen LogP) is 3.26. The molecule has 2 saturated heterocycles. The summed E-state index contributed by atoms with van der Waals surface area (Å²) in [7, 11) is -3.17. The molecule has 0 aliphatic carbocycles. The maximum Gasteiger partial charge on any atom is 0.181 e. The second kappa shape index (κ2) is 5.93. The fourth-order valence-corrected chi connectivity index (χ4v) is 6.04. The van der Waals surface area contributed by atoms with E-state index in [9.17, 15) is 12.8 Å². The first-order chi connectivity index (χ1) is 11.9. The Morgan fingerprint density at radius 1 is 0.920 bits per heavy atom. The predicted molar refractivity (Wildman–Crippen MR) is 102 cm³/mol. The molecule has 4 rings (SSSR count). The minimum atomic E-state index is -3.17. The lowest BCUT2D eigenvalue weighted by atomic mass is 10.1. The van der Waals surface area contributed by atoms with Crippen LogP contribution in [0.2, 0.25) is 5.02 Å². The first-order valence-corrected chi connectivity index (χ1v) is 10.3. The normalized spacial score (nSPS) is 24.6. The summed E-state index contributed by atoms with van der Waals surface area (Å²) in [5.41, 5.74) is 1.49. The largest absolute Gasteiger partial charge is 0.312 e. The molecule has 0 radical (unpaired) electrons. The smallest absolute Gasteiger partial charge is 0.181 e. The molecule has 0 unspecified atom stereocenters. The van der Waals surface area contributed by atoms with Crippen LogP contribution in [0.1, 0.15) is 0 Å². The minimum absolute atomic E-state index is 0.0271. The molecular weight excluding hydrogens is 383 g/mol. The molecular formula is C17H14ClFN2O2S2. The summed E-state index contributed by atoms with van der Waals surface area (Å²) in [6, 6.07) is 12.5. The summed E-state index contributed by atoms with van der Waals surface area (Å²) < 4.78 is 37.7. The molecule has 2 fully saturated rings. The molecule has 2 aromatic rings. The molecule has 0 amide bonds. The molecule has 0 spiro atoms. The van der Waals surface area contributed by atoms with Crippen LogP contribution in [0.15, 0.2) is 48.5 Å². The zero-order valence-corrected chi connectivity index (χ0v) is 15.4. The molecule has 25 heavy (non-hydrogen) atoms. The highest BCUT2D eigenvalue weighted by molar-refractivity contribution is 7.91. The topological polar surface area (TPSA) is 40.6 Å². The number of hydrogen-bond acceptors (Lipinski definition) is 3. The van der Waals surface area contributed by atoms with E-state index in [0.717, 1.165) is 5.69 Å². The summed E-state index contributed by atoms with van der Waals surface area (Å²) in [4.78, 5) is 3.68. The summed E-state index contributed by atoms with van der Waals surface area (Å²) in [6.07, 6.45) is 0. The van der Waals surface area contributed by atoms with Gasteiger partial charge in [-0.05, 0) is 60.7 Å². The Kier molecular flexibility index (Phi) is 3.97. The van der Waals surface area contributed by atoms with Crippen molar-refractivity contribution in [1.82, 2.24) is 0 Å². The van der Waals surface area contributed by atoms with Gasteiger partial charge in [0, 0.05) is 16.4 Å². The Hall–Kier alpha value is -1.70. The SMILES string of the molecule is O=S1(=O)C[C@@H]2[C@H](C1)N(c1ccc(Cl)cc1)C(=S)N2c1ccc(F)cc1. The number of anilines is 2. The molecule has 4 nitrogen and oxygen atoms in total. The van der Waals surface area contributed by atoms with Crippen LogP contribution >= 0.6 is 23.8 Å². The van der Waals surface area contributed by atoms with Crippen LogP contribution in [0.5, 0.6) is 0 Å². The number of nitrogens with zero attached hydrogens (tertiary/aromatic N) is 2. The van der Waals surface area contributed by atoms with Crippen molar-refractivity contribution in [2.24, 2.45) is 0 Å². The van der Waals surface area contributed by atoms with Crippen LogP contribution in [-0.2, 0) is 9.84 Å². The van der Waals surface area contributed by atoms with E-state index >= 15 is 0 Å². The van der Waals surface area contributed by atoms with Gasteiger partial charge in [-0.15, -0.1) is 0 Å². The second-order valence-corrected chi connectivity index (χ2v) is 9.14. The van der Waals surface area contributed by atoms with Gasteiger partial charge in [-0.2, -0.15) is 0 Å². The third-order valence-electron chi connectivity index (χ3n) is 4.58. The van der Waals surface area contributed by atoms with Gasteiger partial charge in [0.05, 0.1) is 23.6 Å². The molecule has 0 aromatic heterocycles. The number of hydrogen-bond donors (Lipinski definition) is 0. The number of thiocarbonyl (C=S) groups is 1. The number of fused-ring (bicyclic) bond motifs is 1. The molecule has 2 atom stereocenters. The fraction of sp³-hybridized carbons (Fsp3) is 0.235. The lowest BCUT2D eigenvalue weighted by Gasteiger charge is -2.25. The Balaban J connectivity index is 1.79. The van der Waals surface area contributed by atoms with Crippen molar-refractivity contribution in [1.29, 1.82) is 0 Å². The van der Waals surface area contributed by atoms with Gasteiger partial charge in [-0.3, -0.25) is 0 Å².